The van der Waals surface area contributed by atoms with Gasteiger partial charge in [-0.2, -0.15) is 12.6 Å². The minimum absolute atomic E-state index is 0.0864. The number of thiol groups is 1. The number of aliphatic carboxylic acids is 1. The summed E-state index contributed by atoms with van der Waals surface area (Å²) >= 11 is 3.99. The number of benzene rings is 1. The zero-order chi connectivity index (χ0) is 18.3. The Balaban J connectivity index is 2.67. The summed E-state index contributed by atoms with van der Waals surface area (Å²) in [5.74, 6) is -1.72. The Morgan fingerprint density at radius 1 is 1.08 bits per heavy atom. The van der Waals surface area contributed by atoms with E-state index in [1.165, 1.54) is 12.5 Å². The van der Waals surface area contributed by atoms with Crippen molar-refractivity contribution in [2.45, 2.75) is 45.3 Å². The van der Waals surface area contributed by atoms with E-state index in [1.54, 1.807) is 0 Å². The third-order valence-corrected chi connectivity index (χ3v) is 3.73. The molecule has 0 fully saturated rings. The number of nitrogens with zero attached hydrogens (tertiary/aromatic N) is 1. The summed E-state index contributed by atoms with van der Waals surface area (Å²) in [6.07, 6.45) is 1.55. The molecular formula is C18H25NO4S. The predicted octanol–water partition coefficient (Wildman–Crippen LogP) is 2.58. The molecular weight excluding hydrogens is 326 g/mol. The highest BCUT2D eigenvalue weighted by molar-refractivity contribution is 7.81. The number of carboxylic acids is 1. The number of hydrogen-bond donors (Lipinski definition) is 2. The number of rotatable bonds is 8. The number of carbonyl (C=O) groups excluding carboxylic acids is 2. The Hall–Kier alpha value is -1.82. The minimum Gasteiger partial charge on any atom is -0.480 e. The minimum atomic E-state index is -1.22. The quantitative estimate of drug-likeness (QED) is 0.706. The normalized spacial score (nSPS) is 12.0. The SMILES string of the molecule is CC(C)Cc1ccc(CCC(=O)N(CC(=O)O)C(=O)C(C)S)cc1. The second kappa shape index (κ2) is 9.47. The Bertz CT molecular complexity index is 581. The van der Waals surface area contributed by atoms with E-state index in [9.17, 15) is 14.4 Å². The fourth-order valence-corrected chi connectivity index (χ4v) is 2.49. The van der Waals surface area contributed by atoms with Gasteiger partial charge in [-0.25, -0.2) is 0 Å². The topological polar surface area (TPSA) is 74.7 Å². The zero-order valence-electron chi connectivity index (χ0n) is 14.4. The smallest absolute Gasteiger partial charge is 0.323 e. The van der Waals surface area contributed by atoms with Crippen LogP contribution < -0.4 is 0 Å². The van der Waals surface area contributed by atoms with Gasteiger partial charge in [0.1, 0.15) is 6.54 Å². The molecule has 1 unspecified atom stereocenters. The van der Waals surface area contributed by atoms with E-state index in [-0.39, 0.29) is 6.42 Å². The third-order valence-electron chi connectivity index (χ3n) is 3.51. The Morgan fingerprint density at radius 2 is 1.62 bits per heavy atom. The number of carboxylic acid groups (broad SMARTS) is 1. The Kier molecular flexibility index (Phi) is 7.98. The second-order valence-electron chi connectivity index (χ2n) is 6.30. The summed E-state index contributed by atoms with van der Waals surface area (Å²) in [5.41, 5.74) is 2.23. The van der Waals surface area contributed by atoms with Crippen molar-refractivity contribution in [1.82, 2.24) is 4.90 Å². The molecule has 1 aromatic rings. The highest BCUT2D eigenvalue weighted by atomic mass is 32.1. The molecule has 0 heterocycles. The van der Waals surface area contributed by atoms with Crippen LogP contribution in [-0.4, -0.2) is 39.6 Å². The molecule has 24 heavy (non-hydrogen) atoms. The average molecular weight is 351 g/mol. The first-order valence-electron chi connectivity index (χ1n) is 8.02. The maximum atomic E-state index is 12.2. The van der Waals surface area contributed by atoms with Crippen LogP contribution in [0.15, 0.2) is 24.3 Å². The first-order valence-corrected chi connectivity index (χ1v) is 8.54. The maximum absolute atomic E-state index is 12.2. The average Bonchev–Trinajstić information content (AvgIpc) is 2.50. The molecule has 0 aliphatic carbocycles. The van der Waals surface area contributed by atoms with Crippen LogP contribution in [0.3, 0.4) is 0 Å². The summed E-state index contributed by atoms with van der Waals surface area (Å²) in [7, 11) is 0. The highest BCUT2D eigenvalue weighted by Gasteiger charge is 2.26. The molecule has 132 valence electrons. The first kappa shape index (κ1) is 20.2. The molecule has 1 atom stereocenters. The van der Waals surface area contributed by atoms with Crippen molar-refractivity contribution in [3.63, 3.8) is 0 Å². The molecule has 0 aromatic heterocycles. The van der Waals surface area contributed by atoms with Crippen molar-refractivity contribution in [3.05, 3.63) is 35.4 Å². The first-order chi connectivity index (χ1) is 11.2. The van der Waals surface area contributed by atoms with Gasteiger partial charge in [-0.15, -0.1) is 0 Å². The predicted molar refractivity (Wildman–Crippen MR) is 96.1 cm³/mol. The number of imide groups is 1. The van der Waals surface area contributed by atoms with Gasteiger partial charge in [0.05, 0.1) is 5.25 Å². The summed E-state index contributed by atoms with van der Waals surface area (Å²) in [6, 6.07) is 8.01. The molecule has 5 nitrogen and oxygen atoms in total. The number of amides is 2. The van der Waals surface area contributed by atoms with E-state index in [1.807, 2.05) is 24.3 Å². The lowest BCUT2D eigenvalue weighted by atomic mass is 10.0. The van der Waals surface area contributed by atoms with Gasteiger partial charge < -0.3 is 5.11 Å². The van der Waals surface area contributed by atoms with E-state index in [2.05, 4.69) is 26.5 Å². The van der Waals surface area contributed by atoms with E-state index < -0.39 is 29.6 Å². The molecule has 0 saturated heterocycles. The van der Waals surface area contributed by atoms with Crippen molar-refractivity contribution >= 4 is 30.4 Å². The molecule has 0 radical (unpaired) electrons. The Labute approximate surface area is 148 Å². The lowest BCUT2D eigenvalue weighted by Crippen LogP contribution is -2.43. The van der Waals surface area contributed by atoms with Gasteiger partial charge in [0.2, 0.25) is 11.8 Å². The summed E-state index contributed by atoms with van der Waals surface area (Å²) < 4.78 is 0. The maximum Gasteiger partial charge on any atom is 0.323 e. The molecule has 0 aliphatic rings. The van der Waals surface area contributed by atoms with Gasteiger partial charge in [0, 0.05) is 6.42 Å². The molecule has 0 saturated carbocycles. The van der Waals surface area contributed by atoms with Gasteiger partial charge in [-0.05, 0) is 36.8 Å². The van der Waals surface area contributed by atoms with E-state index in [0.29, 0.717) is 12.3 Å². The van der Waals surface area contributed by atoms with Crippen molar-refractivity contribution in [2.24, 2.45) is 5.92 Å². The van der Waals surface area contributed by atoms with Gasteiger partial charge in [0.25, 0.3) is 0 Å². The van der Waals surface area contributed by atoms with Crippen LogP contribution in [0, 0.1) is 5.92 Å². The molecule has 1 rings (SSSR count). The molecule has 6 heteroatoms. The number of hydrogen-bond acceptors (Lipinski definition) is 4. The second-order valence-corrected chi connectivity index (χ2v) is 7.08. The molecule has 0 aliphatic heterocycles. The summed E-state index contributed by atoms with van der Waals surface area (Å²) in [4.78, 5) is 35.8. The van der Waals surface area contributed by atoms with Crippen molar-refractivity contribution in [2.75, 3.05) is 6.54 Å². The van der Waals surface area contributed by atoms with Crippen LogP contribution in [0.4, 0.5) is 0 Å². The number of carbonyl (C=O) groups is 3. The van der Waals surface area contributed by atoms with Gasteiger partial charge in [-0.3, -0.25) is 19.3 Å². The van der Waals surface area contributed by atoms with Gasteiger partial charge in [-0.1, -0.05) is 38.1 Å². The molecule has 2 amide bonds. The summed E-state index contributed by atoms with van der Waals surface area (Å²) in [5, 5.41) is 8.16. The third kappa shape index (κ3) is 6.74. The Morgan fingerprint density at radius 3 is 2.08 bits per heavy atom. The van der Waals surface area contributed by atoms with Crippen molar-refractivity contribution < 1.29 is 19.5 Å². The van der Waals surface area contributed by atoms with Crippen molar-refractivity contribution in [1.29, 1.82) is 0 Å². The fourth-order valence-electron chi connectivity index (χ4n) is 2.35. The lowest BCUT2D eigenvalue weighted by molar-refractivity contribution is -0.152. The summed E-state index contributed by atoms with van der Waals surface area (Å²) in [6.45, 7) is 5.20. The van der Waals surface area contributed by atoms with Crippen LogP contribution in [0.2, 0.25) is 0 Å². The molecule has 1 N–H and O–H groups in total. The monoisotopic (exact) mass is 351 g/mol. The van der Waals surface area contributed by atoms with Crippen LogP contribution in [0.5, 0.6) is 0 Å². The van der Waals surface area contributed by atoms with Crippen LogP contribution in [-0.2, 0) is 27.2 Å². The number of aryl methyl sites for hydroxylation is 1. The van der Waals surface area contributed by atoms with E-state index in [4.69, 9.17) is 5.11 Å². The van der Waals surface area contributed by atoms with Gasteiger partial charge >= 0.3 is 5.97 Å². The van der Waals surface area contributed by atoms with Crippen LogP contribution in [0.25, 0.3) is 0 Å². The molecule has 0 spiro atoms. The highest BCUT2D eigenvalue weighted by Crippen LogP contribution is 2.12. The van der Waals surface area contributed by atoms with E-state index >= 15 is 0 Å². The van der Waals surface area contributed by atoms with Crippen LogP contribution in [0.1, 0.15) is 38.3 Å². The van der Waals surface area contributed by atoms with E-state index in [0.717, 1.165) is 16.9 Å². The fraction of sp³-hybridized carbons (Fsp3) is 0.500. The standard InChI is InChI=1S/C18H25NO4S/c1-12(2)10-15-6-4-14(5-7-15)8-9-16(20)19(11-17(21)22)18(23)13(3)24/h4-7,12-13,24H,8-11H2,1-3H3,(H,21,22). The largest absolute Gasteiger partial charge is 0.480 e. The molecule has 1 aromatic carbocycles. The van der Waals surface area contributed by atoms with Gasteiger partial charge in [0.15, 0.2) is 0 Å². The lowest BCUT2D eigenvalue weighted by Gasteiger charge is -2.20. The zero-order valence-corrected chi connectivity index (χ0v) is 15.3. The van der Waals surface area contributed by atoms with Crippen molar-refractivity contribution in [3.8, 4) is 0 Å². The molecule has 0 bridgehead atoms. The van der Waals surface area contributed by atoms with Crippen LogP contribution >= 0.6 is 12.6 Å².